The van der Waals surface area contributed by atoms with E-state index in [9.17, 15) is 13.0 Å². The topological polar surface area (TPSA) is 54.4 Å². The molecule has 0 saturated heterocycles. The highest BCUT2D eigenvalue weighted by Gasteiger charge is 2.35. The Morgan fingerprint density at radius 2 is 1.00 bits per heavy atom. The van der Waals surface area contributed by atoms with E-state index < -0.39 is 10.1 Å². The van der Waals surface area contributed by atoms with Gasteiger partial charge in [-0.1, -0.05) is 106 Å². The molecule has 0 heterocycles. The highest BCUT2D eigenvalue weighted by atomic mass is 32.2. The summed E-state index contributed by atoms with van der Waals surface area (Å²) in [6.45, 7) is 0. The maximum Gasteiger partial charge on any atom is 0.295 e. The monoisotopic (exact) mass is 665 g/mol. The van der Waals surface area contributed by atoms with Crippen molar-refractivity contribution in [1.82, 2.24) is 0 Å². The van der Waals surface area contributed by atoms with Crippen molar-refractivity contribution in [2.24, 2.45) is 0 Å². The second-order valence-electron chi connectivity index (χ2n) is 14.2. The summed E-state index contributed by atoms with van der Waals surface area (Å²) in [5.74, 6) is 1.16. The van der Waals surface area contributed by atoms with Gasteiger partial charge < -0.3 is 0 Å². The van der Waals surface area contributed by atoms with Crippen LogP contribution >= 0.6 is 0 Å². The first kappa shape index (κ1) is 32.7. The summed E-state index contributed by atoms with van der Waals surface area (Å²) in [5.41, 5.74) is 4.50. The number of hydrogen-bond acceptors (Lipinski definition) is 2. The largest absolute Gasteiger partial charge is 0.295 e. The molecule has 246 valence electrons. The Kier molecular flexibility index (Phi) is 10.2. The lowest BCUT2D eigenvalue weighted by atomic mass is 9.72. The highest BCUT2D eigenvalue weighted by molar-refractivity contribution is 7.97. The minimum Gasteiger partial charge on any atom is -0.282 e. The lowest BCUT2D eigenvalue weighted by Gasteiger charge is -2.34. The zero-order valence-corrected chi connectivity index (χ0v) is 29.2. The van der Waals surface area contributed by atoms with Crippen molar-refractivity contribution in [1.29, 1.82) is 0 Å². The SMILES string of the molecule is O=S(=O)(O)c1c(C2CCCCC2)cc(C2CCCCC2)cc1C1CCCC(c2cccc([S+](c3ccccc3)c3ccccc3)c2)C1. The molecule has 0 bridgehead atoms. The first-order chi connectivity index (χ1) is 23.0. The molecule has 0 spiro atoms. The van der Waals surface area contributed by atoms with E-state index in [-0.39, 0.29) is 27.6 Å². The Morgan fingerprint density at radius 3 is 1.60 bits per heavy atom. The van der Waals surface area contributed by atoms with Crippen molar-refractivity contribution in [3.63, 3.8) is 0 Å². The molecule has 0 radical (unpaired) electrons. The molecule has 0 amide bonds. The van der Waals surface area contributed by atoms with Gasteiger partial charge in [-0.05, 0) is 127 Å². The van der Waals surface area contributed by atoms with Crippen LogP contribution in [0.4, 0.5) is 0 Å². The summed E-state index contributed by atoms with van der Waals surface area (Å²) in [6, 6.07) is 35.3. The average molecular weight is 666 g/mol. The second kappa shape index (κ2) is 14.7. The normalized spacial score (nSPS) is 21.6. The van der Waals surface area contributed by atoms with Crippen LogP contribution in [-0.2, 0) is 21.0 Å². The molecule has 7 rings (SSSR count). The number of hydrogen-bond donors (Lipinski definition) is 1. The van der Waals surface area contributed by atoms with Crippen LogP contribution in [0.3, 0.4) is 0 Å². The summed E-state index contributed by atoms with van der Waals surface area (Å²) < 4.78 is 37.6. The van der Waals surface area contributed by atoms with Gasteiger partial charge in [0.15, 0.2) is 14.7 Å². The molecule has 3 fully saturated rings. The molecule has 4 aromatic rings. The third kappa shape index (κ3) is 7.43. The fourth-order valence-corrected chi connectivity index (χ4v) is 12.1. The molecule has 47 heavy (non-hydrogen) atoms. The molecular formula is C42H49O3S2+. The molecular weight excluding hydrogens is 617 g/mol. The summed E-state index contributed by atoms with van der Waals surface area (Å²) in [6.07, 6.45) is 15.7. The van der Waals surface area contributed by atoms with Crippen molar-refractivity contribution >= 4 is 21.0 Å². The molecule has 0 aliphatic heterocycles. The molecule has 3 aliphatic carbocycles. The molecule has 3 aliphatic rings. The van der Waals surface area contributed by atoms with Gasteiger partial charge in [0.05, 0.1) is 10.9 Å². The van der Waals surface area contributed by atoms with E-state index in [2.05, 4.69) is 97.1 Å². The van der Waals surface area contributed by atoms with Crippen LogP contribution in [-0.4, -0.2) is 13.0 Å². The maximum atomic E-state index is 13.3. The van der Waals surface area contributed by atoms with Crippen LogP contribution in [0.25, 0.3) is 0 Å². The van der Waals surface area contributed by atoms with Crippen LogP contribution < -0.4 is 0 Å². The second-order valence-corrected chi connectivity index (χ2v) is 17.6. The van der Waals surface area contributed by atoms with Gasteiger partial charge in [0.1, 0.15) is 4.90 Å². The molecule has 4 aromatic carbocycles. The smallest absolute Gasteiger partial charge is 0.282 e. The van der Waals surface area contributed by atoms with Crippen LogP contribution in [0, 0.1) is 0 Å². The van der Waals surface area contributed by atoms with Gasteiger partial charge in [-0.3, -0.25) is 4.55 Å². The molecule has 3 nitrogen and oxygen atoms in total. The molecule has 2 unspecified atom stereocenters. The first-order valence-electron chi connectivity index (χ1n) is 18.1. The van der Waals surface area contributed by atoms with Crippen molar-refractivity contribution in [3.8, 4) is 0 Å². The summed E-state index contributed by atoms with van der Waals surface area (Å²) >= 11 is 0. The van der Waals surface area contributed by atoms with Crippen LogP contribution in [0.1, 0.15) is 136 Å². The van der Waals surface area contributed by atoms with Gasteiger partial charge in [0.2, 0.25) is 0 Å². The minimum absolute atomic E-state index is 0.113. The Labute approximate surface area is 285 Å². The Bertz CT molecular complexity index is 1700. The van der Waals surface area contributed by atoms with Crippen molar-refractivity contribution in [3.05, 3.63) is 119 Å². The first-order valence-corrected chi connectivity index (χ1v) is 20.7. The van der Waals surface area contributed by atoms with Gasteiger partial charge in [-0.2, -0.15) is 8.42 Å². The van der Waals surface area contributed by atoms with Crippen molar-refractivity contribution in [2.75, 3.05) is 0 Å². The molecule has 0 aromatic heterocycles. The zero-order chi connectivity index (χ0) is 32.2. The van der Waals surface area contributed by atoms with E-state index in [1.54, 1.807) is 0 Å². The van der Waals surface area contributed by atoms with E-state index in [4.69, 9.17) is 0 Å². The van der Waals surface area contributed by atoms with Crippen molar-refractivity contribution in [2.45, 2.75) is 133 Å². The highest BCUT2D eigenvalue weighted by Crippen LogP contribution is 2.48. The third-order valence-corrected chi connectivity index (χ3v) is 14.4. The fraction of sp³-hybridized carbons (Fsp3) is 0.429. The molecule has 1 N–H and O–H groups in total. The standard InChI is InChI=1S/C42H48O3S2/c43-47(44,45)42-40(32-17-7-2-8-18-32)29-36(31-15-5-1-6-16-31)30-41(42)35-21-13-19-33(27-35)34-20-14-26-39(28-34)46(37-22-9-3-10-23-37)38-24-11-4-12-25-38/h3-4,9-12,14,20,22-26,28-33,35H,1-2,5-8,13,15-19,21,27H2/p+1. The quantitative estimate of drug-likeness (QED) is 0.150. The van der Waals surface area contributed by atoms with Gasteiger partial charge in [0, 0.05) is 0 Å². The lowest BCUT2D eigenvalue weighted by molar-refractivity contribution is 0.383. The molecule has 2 atom stereocenters. The Balaban J connectivity index is 1.26. The summed E-state index contributed by atoms with van der Waals surface area (Å²) in [4.78, 5) is 4.20. The van der Waals surface area contributed by atoms with E-state index in [0.717, 1.165) is 62.5 Å². The van der Waals surface area contributed by atoms with Gasteiger partial charge >= 0.3 is 0 Å². The van der Waals surface area contributed by atoms with E-state index in [1.165, 1.54) is 64.3 Å². The Hall–Kier alpha value is -2.86. The average Bonchev–Trinajstić information content (AvgIpc) is 3.13. The van der Waals surface area contributed by atoms with Gasteiger partial charge in [0.25, 0.3) is 10.1 Å². The number of rotatable bonds is 8. The lowest BCUT2D eigenvalue weighted by Crippen LogP contribution is -2.20. The maximum absolute atomic E-state index is 13.3. The molecule has 3 saturated carbocycles. The van der Waals surface area contributed by atoms with E-state index >= 15 is 0 Å². The van der Waals surface area contributed by atoms with E-state index in [0.29, 0.717) is 11.8 Å². The summed E-state index contributed by atoms with van der Waals surface area (Å²) in [5, 5.41) is 0. The van der Waals surface area contributed by atoms with Crippen molar-refractivity contribution < 1.29 is 13.0 Å². The van der Waals surface area contributed by atoms with E-state index in [1.807, 2.05) is 0 Å². The van der Waals surface area contributed by atoms with Gasteiger partial charge in [-0.15, -0.1) is 0 Å². The number of benzene rings is 4. The predicted octanol–water partition coefficient (Wildman–Crippen LogP) is 11.6. The third-order valence-electron chi connectivity index (χ3n) is 11.2. The fourth-order valence-electron chi connectivity index (χ4n) is 8.88. The van der Waals surface area contributed by atoms with Crippen LogP contribution in [0.15, 0.2) is 117 Å². The Morgan fingerprint density at radius 1 is 0.489 bits per heavy atom. The predicted molar refractivity (Wildman–Crippen MR) is 193 cm³/mol. The van der Waals surface area contributed by atoms with Crippen LogP contribution in [0.5, 0.6) is 0 Å². The van der Waals surface area contributed by atoms with Gasteiger partial charge in [-0.25, -0.2) is 0 Å². The summed E-state index contributed by atoms with van der Waals surface area (Å²) in [7, 11) is -4.58. The zero-order valence-electron chi connectivity index (χ0n) is 27.5. The molecule has 5 heteroatoms. The van der Waals surface area contributed by atoms with Crippen LogP contribution in [0.2, 0.25) is 0 Å². The minimum atomic E-state index is -4.37.